The molecular formula is C26H27N7. The summed E-state index contributed by atoms with van der Waals surface area (Å²) in [5, 5.41) is 23.9. The van der Waals surface area contributed by atoms with Gasteiger partial charge in [-0.1, -0.05) is 65.4 Å². The number of benzene rings is 2. The van der Waals surface area contributed by atoms with Gasteiger partial charge in [-0.25, -0.2) is 0 Å². The molecule has 3 heterocycles. The zero-order valence-corrected chi connectivity index (χ0v) is 19.5. The van der Waals surface area contributed by atoms with E-state index >= 15 is 0 Å². The monoisotopic (exact) mass is 437 g/mol. The summed E-state index contributed by atoms with van der Waals surface area (Å²) in [5.41, 5.74) is 5.82. The van der Waals surface area contributed by atoms with E-state index in [1.54, 1.807) is 0 Å². The summed E-state index contributed by atoms with van der Waals surface area (Å²) in [6, 6.07) is 21.4. The van der Waals surface area contributed by atoms with E-state index in [-0.39, 0.29) is 5.41 Å². The summed E-state index contributed by atoms with van der Waals surface area (Å²) in [5.74, 6) is 1.50. The largest absolute Gasteiger partial charge is 0.285 e. The van der Waals surface area contributed by atoms with Crippen LogP contribution >= 0.6 is 0 Å². The van der Waals surface area contributed by atoms with Crippen LogP contribution in [0.2, 0.25) is 0 Å². The van der Waals surface area contributed by atoms with Crippen LogP contribution in [0.25, 0.3) is 16.8 Å². The SMILES string of the molecule is Cc1ccc(-c2ccc(C(C)(C)c3nnc4c(C(C)(C)c5nn[nH]n5)cccn34)cc2)cc1. The Morgan fingerprint density at radius 1 is 0.758 bits per heavy atom. The van der Waals surface area contributed by atoms with E-state index in [1.807, 2.05) is 18.3 Å². The third-order valence-corrected chi connectivity index (χ3v) is 6.56. The Labute approximate surface area is 192 Å². The molecule has 0 radical (unpaired) electrons. The highest BCUT2D eigenvalue weighted by Crippen LogP contribution is 2.35. The number of aromatic amines is 1. The third kappa shape index (κ3) is 3.50. The first-order valence-corrected chi connectivity index (χ1v) is 11.0. The molecular weight excluding hydrogens is 410 g/mol. The van der Waals surface area contributed by atoms with Crippen molar-refractivity contribution in [2.45, 2.75) is 45.4 Å². The van der Waals surface area contributed by atoms with Gasteiger partial charge in [-0.15, -0.1) is 20.4 Å². The van der Waals surface area contributed by atoms with Crippen LogP contribution in [0.4, 0.5) is 0 Å². The van der Waals surface area contributed by atoms with Crippen LogP contribution in [0, 0.1) is 6.92 Å². The van der Waals surface area contributed by atoms with Gasteiger partial charge in [0.25, 0.3) is 0 Å². The first kappa shape index (κ1) is 21.0. The van der Waals surface area contributed by atoms with Crippen LogP contribution in [0.15, 0.2) is 66.9 Å². The number of hydrogen-bond donors (Lipinski definition) is 1. The number of hydrogen-bond acceptors (Lipinski definition) is 5. The lowest BCUT2D eigenvalue weighted by Crippen LogP contribution is -2.24. The first-order valence-electron chi connectivity index (χ1n) is 11.0. The average molecular weight is 438 g/mol. The molecule has 0 aliphatic carbocycles. The fraction of sp³-hybridized carbons (Fsp3) is 0.269. The van der Waals surface area contributed by atoms with Crippen molar-refractivity contribution in [1.29, 1.82) is 0 Å². The molecule has 0 aliphatic heterocycles. The van der Waals surface area contributed by atoms with Gasteiger partial charge in [0.15, 0.2) is 11.5 Å². The maximum absolute atomic E-state index is 4.64. The molecule has 166 valence electrons. The Bertz CT molecular complexity index is 1390. The second kappa shape index (κ2) is 7.62. The molecule has 7 heteroatoms. The third-order valence-electron chi connectivity index (χ3n) is 6.56. The van der Waals surface area contributed by atoms with Gasteiger partial charge in [0.05, 0.1) is 10.8 Å². The van der Waals surface area contributed by atoms with Gasteiger partial charge >= 0.3 is 0 Å². The number of nitrogens with zero attached hydrogens (tertiary/aromatic N) is 6. The molecule has 33 heavy (non-hydrogen) atoms. The number of aryl methyl sites for hydroxylation is 1. The van der Waals surface area contributed by atoms with E-state index in [9.17, 15) is 0 Å². The van der Waals surface area contributed by atoms with Crippen molar-refractivity contribution in [3.63, 3.8) is 0 Å². The minimum atomic E-state index is -0.473. The molecule has 0 amide bonds. The second-order valence-electron chi connectivity index (χ2n) is 9.57. The Kier molecular flexibility index (Phi) is 4.85. The Morgan fingerprint density at radius 2 is 1.42 bits per heavy atom. The van der Waals surface area contributed by atoms with Crippen molar-refractivity contribution in [1.82, 2.24) is 35.2 Å². The van der Waals surface area contributed by atoms with Gasteiger partial charge in [0.1, 0.15) is 5.82 Å². The summed E-state index contributed by atoms with van der Waals surface area (Å²) >= 11 is 0. The molecule has 0 spiro atoms. The Balaban J connectivity index is 1.54. The van der Waals surface area contributed by atoms with Crippen LogP contribution in [0.1, 0.15) is 56.0 Å². The number of rotatable bonds is 5. The molecule has 0 aliphatic rings. The highest BCUT2D eigenvalue weighted by atomic mass is 15.5. The van der Waals surface area contributed by atoms with Crippen LogP contribution in [-0.2, 0) is 10.8 Å². The molecule has 0 saturated heterocycles. The standard InChI is InChI=1S/C26H27N7/c1-17-8-10-18(11-9-17)19-12-14-20(15-13-19)25(2,3)24-30-27-22-21(7-6-16-33(22)24)26(4,5)23-28-31-32-29-23/h6-16H,1-5H3,(H,28,29,31,32). The molecule has 7 nitrogen and oxygen atoms in total. The summed E-state index contributed by atoms with van der Waals surface area (Å²) in [4.78, 5) is 0. The molecule has 0 saturated carbocycles. The number of nitrogens with one attached hydrogen (secondary N) is 1. The highest BCUT2D eigenvalue weighted by molar-refractivity contribution is 5.64. The molecule has 0 atom stereocenters. The van der Waals surface area contributed by atoms with Gasteiger partial charge in [0, 0.05) is 11.8 Å². The van der Waals surface area contributed by atoms with Crippen LogP contribution in [0.5, 0.6) is 0 Å². The van der Waals surface area contributed by atoms with E-state index < -0.39 is 5.41 Å². The first-order chi connectivity index (χ1) is 15.8. The van der Waals surface area contributed by atoms with Gasteiger partial charge in [0.2, 0.25) is 0 Å². The molecule has 0 unspecified atom stereocenters. The summed E-state index contributed by atoms with van der Waals surface area (Å²) < 4.78 is 2.07. The normalized spacial score (nSPS) is 12.4. The molecule has 3 aromatic heterocycles. The van der Waals surface area contributed by atoms with Crippen molar-refractivity contribution in [3.8, 4) is 11.1 Å². The molecule has 0 bridgehead atoms. The maximum atomic E-state index is 4.64. The minimum absolute atomic E-state index is 0.347. The van der Waals surface area contributed by atoms with Crippen LogP contribution < -0.4 is 0 Å². The minimum Gasteiger partial charge on any atom is -0.285 e. The van der Waals surface area contributed by atoms with E-state index in [2.05, 4.69) is 118 Å². The van der Waals surface area contributed by atoms with Crippen molar-refractivity contribution in [3.05, 3.63) is 95.2 Å². The lowest BCUT2D eigenvalue weighted by atomic mass is 9.82. The lowest BCUT2D eigenvalue weighted by molar-refractivity contribution is 0.578. The second-order valence-corrected chi connectivity index (χ2v) is 9.57. The quantitative estimate of drug-likeness (QED) is 0.424. The van der Waals surface area contributed by atoms with E-state index in [0.717, 1.165) is 17.0 Å². The van der Waals surface area contributed by atoms with Gasteiger partial charge < -0.3 is 0 Å². The van der Waals surface area contributed by atoms with Gasteiger partial charge in [-0.3, -0.25) is 4.40 Å². The van der Waals surface area contributed by atoms with Gasteiger partial charge in [-0.2, -0.15) is 5.21 Å². The number of pyridine rings is 1. The maximum Gasteiger partial charge on any atom is 0.184 e. The predicted molar refractivity (Wildman–Crippen MR) is 128 cm³/mol. The van der Waals surface area contributed by atoms with Crippen molar-refractivity contribution < 1.29 is 0 Å². The smallest absolute Gasteiger partial charge is 0.184 e. The molecule has 5 rings (SSSR count). The summed E-state index contributed by atoms with van der Waals surface area (Å²) in [7, 11) is 0. The van der Waals surface area contributed by atoms with E-state index in [4.69, 9.17) is 0 Å². The average Bonchev–Trinajstić information content (AvgIpc) is 3.50. The molecule has 1 N–H and O–H groups in total. The molecule has 2 aromatic carbocycles. The summed E-state index contributed by atoms with van der Waals surface area (Å²) in [6.07, 6.45) is 2.02. The molecule has 0 fully saturated rings. The van der Waals surface area contributed by atoms with Crippen molar-refractivity contribution in [2.75, 3.05) is 0 Å². The molecule has 5 aromatic rings. The van der Waals surface area contributed by atoms with Crippen LogP contribution in [0.3, 0.4) is 0 Å². The van der Waals surface area contributed by atoms with E-state index in [0.29, 0.717) is 5.82 Å². The van der Waals surface area contributed by atoms with Crippen molar-refractivity contribution in [2.24, 2.45) is 0 Å². The fourth-order valence-corrected chi connectivity index (χ4v) is 4.33. The highest BCUT2D eigenvalue weighted by Gasteiger charge is 2.34. The zero-order chi connectivity index (χ0) is 23.2. The van der Waals surface area contributed by atoms with Crippen molar-refractivity contribution >= 4 is 5.65 Å². The summed E-state index contributed by atoms with van der Waals surface area (Å²) in [6.45, 7) is 10.6. The predicted octanol–water partition coefficient (Wildman–Crippen LogP) is 4.87. The number of tetrazole rings is 1. The topological polar surface area (TPSA) is 84.6 Å². The number of fused-ring (bicyclic) bond motifs is 1. The number of aromatic nitrogens is 7. The van der Waals surface area contributed by atoms with Gasteiger partial charge in [-0.05, 0) is 57.4 Å². The fourth-order valence-electron chi connectivity index (χ4n) is 4.33. The lowest BCUT2D eigenvalue weighted by Gasteiger charge is -2.25. The zero-order valence-electron chi connectivity index (χ0n) is 19.5. The Hall–Kier alpha value is -3.87. The van der Waals surface area contributed by atoms with Crippen LogP contribution in [-0.4, -0.2) is 35.2 Å². The number of H-pyrrole nitrogens is 1. The van der Waals surface area contributed by atoms with E-state index in [1.165, 1.54) is 22.3 Å². The Morgan fingerprint density at radius 3 is 2.06 bits per heavy atom.